The number of rotatable bonds is 3. The zero-order valence-corrected chi connectivity index (χ0v) is 9.93. The van der Waals surface area contributed by atoms with Crippen LogP contribution in [0.3, 0.4) is 0 Å². The van der Waals surface area contributed by atoms with Gasteiger partial charge in [0.15, 0.2) is 5.78 Å². The van der Waals surface area contributed by atoms with E-state index in [-0.39, 0.29) is 5.78 Å². The first-order chi connectivity index (χ1) is 8.81. The van der Waals surface area contributed by atoms with Crippen LogP contribution in [0.1, 0.15) is 28.6 Å². The predicted octanol–water partition coefficient (Wildman–Crippen LogP) is 2.95. The largest absolute Gasteiger partial charge is 0.469 e. The van der Waals surface area contributed by atoms with Crippen molar-refractivity contribution < 1.29 is 9.21 Å². The molecule has 0 aliphatic carbocycles. The number of hydrogen-bond donors (Lipinski definition) is 1. The third-order valence-corrected chi connectivity index (χ3v) is 3.01. The van der Waals surface area contributed by atoms with Crippen LogP contribution in [-0.4, -0.2) is 15.8 Å². The monoisotopic (exact) mass is 240 g/mol. The van der Waals surface area contributed by atoms with Gasteiger partial charge in [-0.2, -0.15) is 0 Å². The first-order valence-electron chi connectivity index (χ1n) is 5.84. The molecule has 3 heterocycles. The molecular formula is C14H12N2O2. The van der Waals surface area contributed by atoms with Crippen molar-refractivity contribution in [1.82, 2.24) is 9.97 Å². The van der Waals surface area contributed by atoms with Gasteiger partial charge in [-0.3, -0.25) is 4.79 Å². The van der Waals surface area contributed by atoms with Gasteiger partial charge < -0.3 is 9.40 Å². The molecule has 0 spiro atoms. The molecule has 3 aromatic rings. The highest BCUT2D eigenvalue weighted by atomic mass is 16.3. The van der Waals surface area contributed by atoms with E-state index < -0.39 is 0 Å². The Labute approximate surface area is 104 Å². The predicted molar refractivity (Wildman–Crippen MR) is 67.6 cm³/mol. The maximum atomic E-state index is 12.5. The van der Waals surface area contributed by atoms with Gasteiger partial charge in [0.1, 0.15) is 11.4 Å². The van der Waals surface area contributed by atoms with Crippen molar-refractivity contribution in [3.05, 3.63) is 53.7 Å². The van der Waals surface area contributed by atoms with E-state index >= 15 is 0 Å². The number of H-pyrrole nitrogens is 1. The molecule has 0 saturated heterocycles. The maximum Gasteiger partial charge on any atom is 0.198 e. The van der Waals surface area contributed by atoms with Gasteiger partial charge >= 0.3 is 0 Å². The van der Waals surface area contributed by atoms with Crippen LogP contribution >= 0.6 is 0 Å². The molecule has 0 unspecified atom stereocenters. The Morgan fingerprint density at radius 1 is 1.39 bits per heavy atom. The number of hydrogen-bond acceptors (Lipinski definition) is 3. The normalized spacial score (nSPS) is 10.9. The van der Waals surface area contributed by atoms with Gasteiger partial charge in [-0.1, -0.05) is 6.92 Å². The van der Waals surface area contributed by atoms with Gasteiger partial charge in [-0.25, -0.2) is 4.98 Å². The fourth-order valence-corrected chi connectivity index (χ4v) is 2.11. The van der Waals surface area contributed by atoms with Crippen molar-refractivity contribution in [2.45, 2.75) is 13.3 Å². The topological polar surface area (TPSA) is 58.9 Å². The van der Waals surface area contributed by atoms with Gasteiger partial charge in [-0.05, 0) is 18.2 Å². The summed E-state index contributed by atoms with van der Waals surface area (Å²) in [5.74, 6) is 0.693. The van der Waals surface area contributed by atoms with Crippen LogP contribution < -0.4 is 0 Å². The summed E-state index contributed by atoms with van der Waals surface area (Å²) in [6.45, 7) is 1.96. The average molecular weight is 240 g/mol. The number of nitrogens with one attached hydrogen (secondary N) is 1. The molecule has 0 atom stereocenters. The van der Waals surface area contributed by atoms with Crippen LogP contribution in [-0.2, 0) is 6.42 Å². The molecule has 0 radical (unpaired) electrons. The molecule has 0 aliphatic rings. The molecule has 0 saturated carbocycles. The third-order valence-electron chi connectivity index (χ3n) is 3.01. The zero-order chi connectivity index (χ0) is 12.5. The van der Waals surface area contributed by atoms with Crippen molar-refractivity contribution in [2.75, 3.05) is 0 Å². The highest BCUT2D eigenvalue weighted by molar-refractivity contribution is 6.16. The summed E-state index contributed by atoms with van der Waals surface area (Å²) in [4.78, 5) is 19.6. The van der Waals surface area contributed by atoms with Crippen molar-refractivity contribution in [1.29, 1.82) is 0 Å². The van der Waals surface area contributed by atoms with Crippen LogP contribution in [0.15, 0.2) is 41.3 Å². The highest BCUT2D eigenvalue weighted by Gasteiger charge is 2.18. The number of pyridine rings is 1. The van der Waals surface area contributed by atoms with Crippen molar-refractivity contribution in [3.63, 3.8) is 0 Å². The Morgan fingerprint density at radius 2 is 2.28 bits per heavy atom. The molecule has 0 aromatic carbocycles. The standard InChI is InChI=1S/C14H12N2O2/c1-2-12-10(5-7-18-12)13(17)11-8-16-14-9(11)4-3-6-15-14/h3-8H,2H2,1H3,(H,15,16). The zero-order valence-electron chi connectivity index (χ0n) is 9.93. The lowest BCUT2D eigenvalue weighted by Crippen LogP contribution is -2.01. The van der Waals surface area contributed by atoms with E-state index in [1.165, 1.54) is 0 Å². The van der Waals surface area contributed by atoms with E-state index in [2.05, 4.69) is 9.97 Å². The molecule has 0 aliphatic heterocycles. The first-order valence-corrected chi connectivity index (χ1v) is 5.84. The fourth-order valence-electron chi connectivity index (χ4n) is 2.11. The quantitative estimate of drug-likeness (QED) is 0.716. The van der Waals surface area contributed by atoms with E-state index in [0.29, 0.717) is 17.5 Å². The van der Waals surface area contributed by atoms with Gasteiger partial charge in [0.2, 0.25) is 0 Å². The Kier molecular flexibility index (Phi) is 2.48. The summed E-state index contributed by atoms with van der Waals surface area (Å²) in [5.41, 5.74) is 1.99. The lowest BCUT2D eigenvalue weighted by atomic mass is 10.0. The molecule has 90 valence electrons. The number of aromatic nitrogens is 2. The van der Waals surface area contributed by atoms with Crippen LogP contribution in [0.4, 0.5) is 0 Å². The second kappa shape index (κ2) is 4.14. The van der Waals surface area contributed by atoms with Gasteiger partial charge in [0.25, 0.3) is 0 Å². The molecule has 3 aromatic heterocycles. The third kappa shape index (κ3) is 1.54. The van der Waals surface area contributed by atoms with Crippen molar-refractivity contribution in [3.8, 4) is 0 Å². The van der Waals surface area contributed by atoms with Crippen molar-refractivity contribution in [2.24, 2.45) is 0 Å². The van der Waals surface area contributed by atoms with E-state index in [1.807, 2.05) is 19.1 Å². The number of ketones is 1. The van der Waals surface area contributed by atoms with E-state index in [0.717, 1.165) is 16.8 Å². The molecular weight excluding hydrogens is 228 g/mol. The Hall–Kier alpha value is -2.36. The SMILES string of the molecule is CCc1occc1C(=O)c1c[nH]c2ncccc12. The number of carbonyl (C=O) groups is 1. The second-order valence-corrected chi connectivity index (χ2v) is 4.04. The lowest BCUT2D eigenvalue weighted by molar-refractivity contribution is 0.103. The number of nitrogens with zero attached hydrogens (tertiary/aromatic N) is 1. The van der Waals surface area contributed by atoms with E-state index in [9.17, 15) is 4.79 Å². The molecule has 0 amide bonds. The highest BCUT2D eigenvalue weighted by Crippen LogP contribution is 2.22. The first kappa shape index (κ1) is 10.8. The summed E-state index contributed by atoms with van der Waals surface area (Å²) in [5, 5.41) is 0.839. The van der Waals surface area contributed by atoms with Crippen LogP contribution in [0.25, 0.3) is 11.0 Å². The summed E-state index contributed by atoms with van der Waals surface area (Å²) >= 11 is 0. The number of aryl methyl sites for hydroxylation is 1. The fraction of sp³-hybridized carbons (Fsp3) is 0.143. The second-order valence-electron chi connectivity index (χ2n) is 4.04. The van der Waals surface area contributed by atoms with Gasteiger partial charge in [0, 0.05) is 29.8 Å². The molecule has 0 fully saturated rings. The van der Waals surface area contributed by atoms with Crippen LogP contribution in [0.5, 0.6) is 0 Å². The Bertz CT molecular complexity index is 709. The van der Waals surface area contributed by atoms with Crippen LogP contribution in [0, 0.1) is 0 Å². The van der Waals surface area contributed by atoms with E-state index in [4.69, 9.17) is 4.42 Å². The smallest absolute Gasteiger partial charge is 0.198 e. The van der Waals surface area contributed by atoms with E-state index in [1.54, 1.807) is 24.7 Å². The van der Waals surface area contributed by atoms with Crippen molar-refractivity contribution >= 4 is 16.8 Å². The maximum absolute atomic E-state index is 12.5. The number of fused-ring (bicyclic) bond motifs is 1. The minimum atomic E-state index is -0.0279. The summed E-state index contributed by atoms with van der Waals surface area (Å²) in [6.07, 6.45) is 5.66. The number of aromatic amines is 1. The minimum absolute atomic E-state index is 0.0279. The lowest BCUT2D eigenvalue weighted by Gasteiger charge is -1.98. The molecule has 18 heavy (non-hydrogen) atoms. The molecule has 4 heteroatoms. The molecule has 1 N–H and O–H groups in total. The van der Waals surface area contributed by atoms with Crippen LogP contribution in [0.2, 0.25) is 0 Å². The molecule has 3 rings (SSSR count). The Morgan fingerprint density at radius 3 is 3.11 bits per heavy atom. The summed E-state index contributed by atoms with van der Waals surface area (Å²) in [7, 11) is 0. The summed E-state index contributed by atoms with van der Waals surface area (Å²) < 4.78 is 5.30. The minimum Gasteiger partial charge on any atom is -0.469 e. The van der Waals surface area contributed by atoms with Gasteiger partial charge in [0.05, 0.1) is 11.8 Å². The number of furan rings is 1. The van der Waals surface area contributed by atoms with Gasteiger partial charge in [-0.15, -0.1) is 0 Å². The number of carbonyl (C=O) groups excluding carboxylic acids is 1. The molecule has 0 bridgehead atoms. The average Bonchev–Trinajstić information content (AvgIpc) is 3.04. The molecule has 4 nitrogen and oxygen atoms in total. The summed E-state index contributed by atoms with van der Waals surface area (Å²) in [6, 6.07) is 5.43. The Balaban J connectivity index is 2.13.